The third kappa shape index (κ3) is 2.41. The van der Waals surface area contributed by atoms with Gasteiger partial charge in [-0.15, -0.1) is 11.3 Å². The van der Waals surface area contributed by atoms with Crippen LogP contribution in [0.1, 0.15) is 48.9 Å². The van der Waals surface area contributed by atoms with E-state index in [0.717, 1.165) is 25.3 Å². The number of fused-ring (bicyclic) bond motifs is 1. The fourth-order valence-electron chi connectivity index (χ4n) is 2.94. The van der Waals surface area contributed by atoms with E-state index in [-0.39, 0.29) is 0 Å². The van der Waals surface area contributed by atoms with Crippen molar-refractivity contribution in [2.75, 3.05) is 18.0 Å². The van der Waals surface area contributed by atoms with Gasteiger partial charge in [-0.1, -0.05) is 19.8 Å². The third-order valence-corrected chi connectivity index (χ3v) is 5.38. The fraction of sp³-hybridized carbons (Fsp3) is 0.625. The summed E-state index contributed by atoms with van der Waals surface area (Å²) in [6.07, 6.45) is 6.19. The molecule has 1 saturated heterocycles. The van der Waals surface area contributed by atoms with Crippen molar-refractivity contribution in [1.29, 1.82) is 0 Å². The molecule has 20 heavy (non-hydrogen) atoms. The summed E-state index contributed by atoms with van der Waals surface area (Å²) >= 11 is 1.81. The molecule has 2 aromatic rings. The summed E-state index contributed by atoms with van der Waals surface area (Å²) in [5, 5.41) is 1.30. The van der Waals surface area contributed by atoms with Gasteiger partial charge in [0.1, 0.15) is 16.5 Å². The number of thiophene rings is 1. The van der Waals surface area contributed by atoms with Crippen molar-refractivity contribution in [3.05, 3.63) is 16.3 Å². The maximum atomic E-state index is 4.88. The molecule has 1 aliphatic heterocycles. The second kappa shape index (κ2) is 5.68. The summed E-state index contributed by atoms with van der Waals surface area (Å²) < 4.78 is 0. The molecule has 1 aliphatic rings. The van der Waals surface area contributed by atoms with Gasteiger partial charge in [-0.3, -0.25) is 0 Å². The molecule has 0 aliphatic carbocycles. The molecular formula is C16H23N3S. The van der Waals surface area contributed by atoms with Crippen molar-refractivity contribution >= 4 is 27.4 Å². The van der Waals surface area contributed by atoms with Crippen molar-refractivity contribution in [3.8, 4) is 0 Å². The van der Waals surface area contributed by atoms with E-state index in [0.29, 0.717) is 0 Å². The van der Waals surface area contributed by atoms with Crippen LogP contribution in [0.25, 0.3) is 10.2 Å². The highest BCUT2D eigenvalue weighted by Crippen LogP contribution is 2.35. The van der Waals surface area contributed by atoms with Crippen molar-refractivity contribution < 1.29 is 0 Å². The lowest BCUT2D eigenvalue weighted by atomic mass is 10.2. The van der Waals surface area contributed by atoms with E-state index in [9.17, 15) is 0 Å². The Morgan fingerprint density at radius 3 is 2.40 bits per heavy atom. The third-order valence-electron chi connectivity index (χ3n) is 4.28. The monoisotopic (exact) mass is 289 g/mol. The van der Waals surface area contributed by atoms with E-state index in [1.54, 1.807) is 0 Å². The van der Waals surface area contributed by atoms with Crippen LogP contribution in [0.4, 0.5) is 5.82 Å². The van der Waals surface area contributed by atoms with Crippen molar-refractivity contribution in [3.63, 3.8) is 0 Å². The van der Waals surface area contributed by atoms with Crippen LogP contribution in [-0.2, 0) is 6.42 Å². The molecule has 0 unspecified atom stereocenters. The Hall–Kier alpha value is -1.16. The largest absolute Gasteiger partial charge is 0.356 e. The molecular weight excluding hydrogens is 266 g/mol. The minimum atomic E-state index is 0.909. The Labute approximate surface area is 125 Å². The van der Waals surface area contributed by atoms with E-state index in [1.807, 2.05) is 11.3 Å². The summed E-state index contributed by atoms with van der Waals surface area (Å²) in [4.78, 5) is 14.7. The summed E-state index contributed by atoms with van der Waals surface area (Å²) in [7, 11) is 0. The van der Waals surface area contributed by atoms with Gasteiger partial charge in [-0.05, 0) is 32.3 Å². The van der Waals surface area contributed by atoms with E-state index >= 15 is 0 Å². The second-order valence-electron chi connectivity index (χ2n) is 5.68. The predicted octanol–water partition coefficient (Wildman–Crippen LogP) is 4.25. The molecule has 0 amide bonds. The van der Waals surface area contributed by atoms with Crippen LogP contribution in [0.2, 0.25) is 0 Å². The summed E-state index contributed by atoms with van der Waals surface area (Å²) in [5.41, 5.74) is 1.37. The second-order valence-corrected chi connectivity index (χ2v) is 6.88. The van der Waals surface area contributed by atoms with Gasteiger partial charge in [0.2, 0.25) is 0 Å². The molecule has 1 fully saturated rings. The number of anilines is 1. The Balaban J connectivity index is 2.15. The van der Waals surface area contributed by atoms with E-state index in [1.165, 1.54) is 52.2 Å². The molecule has 0 atom stereocenters. The highest BCUT2D eigenvalue weighted by atomic mass is 32.1. The van der Waals surface area contributed by atoms with E-state index in [2.05, 4.69) is 25.7 Å². The molecule has 108 valence electrons. The molecule has 0 radical (unpaired) electrons. The lowest BCUT2D eigenvalue weighted by Gasteiger charge is -2.23. The minimum Gasteiger partial charge on any atom is -0.356 e. The zero-order chi connectivity index (χ0) is 14.1. The normalized spacial score (nSPS) is 16.6. The van der Waals surface area contributed by atoms with Crippen LogP contribution in [0.5, 0.6) is 0 Å². The maximum Gasteiger partial charge on any atom is 0.141 e. The van der Waals surface area contributed by atoms with Crippen LogP contribution in [0.15, 0.2) is 0 Å². The topological polar surface area (TPSA) is 29.0 Å². The molecule has 0 bridgehead atoms. The van der Waals surface area contributed by atoms with Gasteiger partial charge < -0.3 is 4.90 Å². The zero-order valence-electron chi connectivity index (χ0n) is 12.7. The molecule has 0 spiro atoms. The minimum absolute atomic E-state index is 0.909. The first kappa shape index (κ1) is 13.8. The first-order chi connectivity index (χ1) is 9.70. The average molecular weight is 289 g/mol. The van der Waals surface area contributed by atoms with Crippen LogP contribution < -0.4 is 4.90 Å². The van der Waals surface area contributed by atoms with Crippen LogP contribution in [0, 0.1) is 13.8 Å². The summed E-state index contributed by atoms with van der Waals surface area (Å²) in [6.45, 7) is 8.83. The summed E-state index contributed by atoms with van der Waals surface area (Å²) in [5.74, 6) is 2.17. The molecule has 2 aromatic heterocycles. The highest BCUT2D eigenvalue weighted by Gasteiger charge is 2.19. The number of nitrogens with zero attached hydrogens (tertiary/aromatic N) is 3. The Morgan fingerprint density at radius 1 is 1.05 bits per heavy atom. The number of hydrogen-bond donors (Lipinski definition) is 0. The van der Waals surface area contributed by atoms with Crippen LogP contribution in [-0.4, -0.2) is 23.1 Å². The standard InChI is InChI=1S/C16H23N3S/c1-4-13-17-15(19-9-7-5-6-8-10-19)14-11(2)12(3)20-16(14)18-13/h4-10H2,1-3H3. The maximum absolute atomic E-state index is 4.88. The molecule has 0 aromatic carbocycles. The van der Waals surface area contributed by atoms with E-state index < -0.39 is 0 Å². The highest BCUT2D eigenvalue weighted by molar-refractivity contribution is 7.18. The van der Waals surface area contributed by atoms with Gasteiger partial charge in [-0.2, -0.15) is 0 Å². The first-order valence-electron chi connectivity index (χ1n) is 7.72. The van der Waals surface area contributed by atoms with Gasteiger partial charge in [-0.25, -0.2) is 9.97 Å². The summed E-state index contributed by atoms with van der Waals surface area (Å²) in [6, 6.07) is 0. The molecule has 3 nitrogen and oxygen atoms in total. The zero-order valence-corrected chi connectivity index (χ0v) is 13.5. The smallest absolute Gasteiger partial charge is 0.141 e. The molecule has 0 N–H and O–H groups in total. The van der Waals surface area contributed by atoms with Crippen molar-refractivity contribution in [2.45, 2.75) is 52.9 Å². The predicted molar refractivity (Wildman–Crippen MR) is 86.9 cm³/mol. The molecule has 3 heterocycles. The molecule has 3 rings (SSSR count). The number of aromatic nitrogens is 2. The lowest BCUT2D eigenvalue weighted by Crippen LogP contribution is -2.25. The SMILES string of the molecule is CCc1nc(N2CCCCCC2)c2c(C)c(C)sc2n1. The van der Waals surface area contributed by atoms with Gasteiger partial charge in [0.15, 0.2) is 0 Å². The Bertz CT molecular complexity index is 610. The van der Waals surface area contributed by atoms with Gasteiger partial charge in [0.25, 0.3) is 0 Å². The molecule has 0 saturated carbocycles. The van der Waals surface area contributed by atoms with Crippen molar-refractivity contribution in [1.82, 2.24) is 9.97 Å². The lowest BCUT2D eigenvalue weighted by molar-refractivity contribution is 0.726. The van der Waals surface area contributed by atoms with Gasteiger partial charge in [0.05, 0.1) is 5.39 Å². The Morgan fingerprint density at radius 2 is 1.75 bits per heavy atom. The van der Waals surface area contributed by atoms with Crippen molar-refractivity contribution in [2.24, 2.45) is 0 Å². The Kier molecular flexibility index (Phi) is 3.92. The van der Waals surface area contributed by atoms with E-state index in [4.69, 9.17) is 9.97 Å². The van der Waals surface area contributed by atoms with Gasteiger partial charge in [0, 0.05) is 24.4 Å². The van der Waals surface area contributed by atoms with Gasteiger partial charge >= 0.3 is 0 Å². The number of hydrogen-bond acceptors (Lipinski definition) is 4. The van der Waals surface area contributed by atoms with Crippen LogP contribution >= 0.6 is 11.3 Å². The average Bonchev–Trinajstić information content (AvgIpc) is 2.66. The van der Waals surface area contributed by atoms with Crippen LogP contribution in [0.3, 0.4) is 0 Å². The first-order valence-corrected chi connectivity index (χ1v) is 8.54. The molecule has 4 heteroatoms. The number of rotatable bonds is 2. The number of aryl methyl sites for hydroxylation is 3. The fourth-order valence-corrected chi connectivity index (χ4v) is 3.98. The quantitative estimate of drug-likeness (QED) is 0.827.